The highest BCUT2D eigenvalue weighted by molar-refractivity contribution is 5.94. The molecule has 0 bridgehead atoms. The van der Waals surface area contributed by atoms with E-state index < -0.39 is 17.5 Å². The Labute approximate surface area is 105 Å². The first-order valence-corrected chi connectivity index (χ1v) is 5.45. The van der Waals surface area contributed by atoms with Crippen LogP contribution in [0.3, 0.4) is 0 Å². The third-order valence-electron chi connectivity index (χ3n) is 2.88. The quantitative estimate of drug-likeness (QED) is 0.523. The second-order valence-corrected chi connectivity index (χ2v) is 4.10. The number of anilines is 1. The molecule has 0 unspecified atom stereocenters. The smallest absolute Gasteiger partial charge is 0.195 e. The number of H-pyrrole nitrogens is 1. The van der Waals surface area contributed by atoms with Crippen LogP contribution >= 0.6 is 0 Å². The number of nitrogens with one attached hydrogen (secondary N) is 1. The molecule has 0 fully saturated rings. The number of fused-ring (bicyclic) bond motifs is 1. The van der Waals surface area contributed by atoms with Crippen molar-refractivity contribution in [2.24, 2.45) is 0 Å². The Hall–Kier alpha value is -2.50. The molecule has 0 saturated carbocycles. The standard InChI is InChI=1S/C13H8F3N3/c14-9-4-3-8(11(15)12(9)16)13-7-2-1-6(17)5-10(7)18-19-13/h1-5H,17H2,(H,18,19). The maximum atomic E-state index is 13.7. The Kier molecular flexibility index (Phi) is 2.45. The van der Waals surface area contributed by atoms with Crippen molar-refractivity contribution in [2.75, 3.05) is 5.73 Å². The molecule has 3 N–H and O–H groups in total. The fourth-order valence-electron chi connectivity index (χ4n) is 1.95. The van der Waals surface area contributed by atoms with E-state index in [-0.39, 0.29) is 11.3 Å². The number of nitrogens with two attached hydrogens (primary N) is 1. The molecule has 3 aromatic rings. The van der Waals surface area contributed by atoms with Gasteiger partial charge in [0.25, 0.3) is 0 Å². The van der Waals surface area contributed by atoms with Crippen molar-refractivity contribution >= 4 is 16.6 Å². The van der Waals surface area contributed by atoms with Gasteiger partial charge in [0.2, 0.25) is 0 Å². The second-order valence-electron chi connectivity index (χ2n) is 4.10. The first-order chi connectivity index (χ1) is 9.08. The summed E-state index contributed by atoms with van der Waals surface area (Å²) in [6.45, 7) is 0. The summed E-state index contributed by atoms with van der Waals surface area (Å²) in [7, 11) is 0. The number of rotatable bonds is 1. The van der Waals surface area contributed by atoms with Crippen molar-refractivity contribution in [1.82, 2.24) is 10.2 Å². The molecule has 3 nitrogen and oxygen atoms in total. The van der Waals surface area contributed by atoms with Gasteiger partial charge in [0.15, 0.2) is 17.5 Å². The van der Waals surface area contributed by atoms with Gasteiger partial charge in [-0.1, -0.05) is 0 Å². The highest BCUT2D eigenvalue weighted by Crippen LogP contribution is 2.30. The number of benzene rings is 2. The Balaban J connectivity index is 2.28. The normalized spacial score (nSPS) is 11.1. The number of nitrogen functional groups attached to an aromatic ring is 1. The van der Waals surface area contributed by atoms with Crippen LogP contribution in [0.25, 0.3) is 22.2 Å². The highest BCUT2D eigenvalue weighted by Gasteiger charge is 2.18. The Morgan fingerprint density at radius 1 is 1.00 bits per heavy atom. The Bertz CT molecular complexity index is 780. The average Bonchev–Trinajstić information content (AvgIpc) is 2.79. The van der Waals surface area contributed by atoms with Crippen LogP contribution in [0.5, 0.6) is 0 Å². The van der Waals surface area contributed by atoms with Crippen LogP contribution in [0, 0.1) is 17.5 Å². The van der Waals surface area contributed by atoms with E-state index in [1.54, 1.807) is 18.2 Å². The number of nitrogens with zero attached hydrogens (tertiary/aromatic N) is 1. The van der Waals surface area contributed by atoms with Gasteiger partial charge in [-0.3, -0.25) is 5.10 Å². The van der Waals surface area contributed by atoms with E-state index in [9.17, 15) is 13.2 Å². The molecule has 0 amide bonds. The van der Waals surface area contributed by atoms with E-state index in [0.29, 0.717) is 16.6 Å². The van der Waals surface area contributed by atoms with Crippen LogP contribution in [-0.4, -0.2) is 10.2 Å². The van der Waals surface area contributed by atoms with Gasteiger partial charge in [0, 0.05) is 16.6 Å². The van der Waals surface area contributed by atoms with Gasteiger partial charge >= 0.3 is 0 Å². The number of aromatic amines is 1. The minimum Gasteiger partial charge on any atom is -0.399 e. The summed E-state index contributed by atoms with van der Waals surface area (Å²) in [5.74, 6) is -4.00. The van der Waals surface area contributed by atoms with E-state index in [1.807, 2.05) is 0 Å². The average molecular weight is 263 g/mol. The monoisotopic (exact) mass is 263 g/mol. The molecule has 1 aromatic heterocycles. The van der Waals surface area contributed by atoms with E-state index in [4.69, 9.17) is 5.73 Å². The predicted octanol–water partition coefficient (Wildman–Crippen LogP) is 3.23. The van der Waals surface area contributed by atoms with Crippen LogP contribution < -0.4 is 5.73 Å². The van der Waals surface area contributed by atoms with Gasteiger partial charge < -0.3 is 5.73 Å². The zero-order chi connectivity index (χ0) is 13.6. The molecule has 96 valence electrons. The summed E-state index contributed by atoms with van der Waals surface area (Å²) >= 11 is 0. The number of hydrogen-bond acceptors (Lipinski definition) is 2. The summed E-state index contributed by atoms with van der Waals surface area (Å²) in [6, 6.07) is 6.91. The summed E-state index contributed by atoms with van der Waals surface area (Å²) in [4.78, 5) is 0. The Morgan fingerprint density at radius 2 is 1.79 bits per heavy atom. The number of hydrogen-bond donors (Lipinski definition) is 2. The van der Waals surface area contributed by atoms with Gasteiger partial charge in [-0.15, -0.1) is 0 Å². The van der Waals surface area contributed by atoms with E-state index in [2.05, 4.69) is 10.2 Å². The van der Waals surface area contributed by atoms with Gasteiger partial charge in [-0.05, 0) is 30.3 Å². The molecule has 0 spiro atoms. The van der Waals surface area contributed by atoms with Gasteiger partial charge in [0.05, 0.1) is 5.52 Å². The Morgan fingerprint density at radius 3 is 2.58 bits per heavy atom. The SMILES string of the molecule is Nc1ccc2c(-c3ccc(F)c(F)c3F)n[nH]c2c1. The molecule has 1 heterocycles. The molecule has 0 aliphatic heterocycles. The number of aromatic nitrogens is 2. The van der Waals surface area contributed by atoms with E-state index >= 15 is 0 Å². The van der Waals surface area contributed by atoms with Crippen LogP contribution in [0.2, 0.25) is 0 Å². The van der Waals surface area contributed by atoms with Crippen LogP contribution in [0.15, 0.2) is 30.3 Å². The van der Waals surface area contributed by atoms with Crippen LogP contribution in [-0.2, 0) is 0 Å². The third kappa shape index (κ3) is 1.72. The van der Waals surface area contributed by atoms with Gasteiger partial charge in [0.1, 0.15) is 5.69 Å². The lowest BCUT2D eigenvalue weighted by atomic mass is 10.1. The highest BCUT2D eigenvalue weighted by atomic mass is 19.2. The fraction of sp³-hybridized carbons (Fsp3) is 0. The summed E-state index contributed by atoms with van der Waals surface area (Å²) in [5.41, 5.74) is 6.84. The largest absolute Gasteiger partial charge is 0.399 e. The second kappa shape index (κ2) is 4.01. The molecule has 0 radical (unpaired) electrons. The molecule has 0 saturated heterocycles. The minimum absolute atomic E-state index is 0.102. The molecule has 6 heteroatoms. The third-order valence-corrected chi connectivity index (χ3v) is 2.88. The van der Waals surface area contributed by atoms with Crippen molar-refractivity contribution in [3.8, 4) is 11.3 Å². The van der Waals surface area contributed by atoms with Crippen molar-refractivity contribution in [3.05, 3.63) is 47.8 Å². The molecule has 3 rings (SSSR count). The summed E-state index contributed by atoms with van der Waals surface area (Å²) < 4.78 is 39.9. The lowest BCUT2D eigenvalue weighted by Crippen LogP contribution is -1.94. The topological polar surface area (TPSA) is 54.7 Å². The lowest BCUT2D eigenvalue weighted by molar-refractivity contribution is 0.449. The maximum Gasteiger partial charge on any atom is 0.195 e. The van der Waals surface area contributed by atoms with Gasteiger partial charge in [-0.2, -0.15) is 5.10 Å². The molecule has 0 aliphatic rings. The molecule has 0 atom stereocenters. The first-order valence-electron chi connectivity index (χ1n) is 5.45. The van der Waals surface area contributed by atoms with E-state index in [0.717, 1.165) is 12.1 Å². The van der Waals surface area contributed by atoms with Crippen LogP contribution in [0.1, 0.15) is 0 Å². The zero-order valence-electron chi connectivity index (χ0n) is 9.55. The summed E-state index contributed by atoms with van der Waals surface area (Å²) in [5, 5.41) is 7.19. The summed E-state index contributed by atoms with van der Waals surface area (Å²) in [6.07, 6.45) is 0. The maximum absolute atomic E-state index is 13.7. The molecule has 2 aromatic carbocycles. The van der Waals surface area contributed by atoms with Crippen LogP contribution in [0.4, 0.5) is 18.9 Å². The minimum atomic E-state index is -1.51. The van der Waals surface area contributed by atoms with Crippen molar-refractivity contribution in [2.45, 2.75) is 0 Å². The van der Waals surface area contributed by atoms with Crippen molar-refractivity contribution in [3.63, 3.8) is 0 Å². The molecular formula is C13H8F3N3. The molecule has 19 heavy (non-hydrogen) atoms. The first kappa shape index (κ1) is 11.6. The van der Waals surface area contributed by atoms with E-state index in [1.165, 1.54) is 0 Å². The van der Waals surface area contributed by atoms with Gasteiger partial charge in [-0.25, -0.2) is 13.2 Å². The predicted molar refractivity (Wildman–Crippen MR) is 65.8 cm³/mol. The fourth-order valence-corrected chi connectivity index (χ4v) is 1.95. The number of halogens is 3. The lowest BCUT2D eigenvalue weighted by Gasteiger charge is -2.02. The van der Waals surface area contributed by atoms with Crippen molar-refractivity contribution < 1.29 is 13.2 Å². The zero-order valence-corrected chi connectivity index (χ0v) is 9.55. The van der Waals surface area contributed by atoms with Crippen molar-refractivity contribution in [1.29, 1.82) is 0 Å². The molecule has 0 aliphatic carbocycles. The molecular weight excluding hydrogens is 255 g/mol.